The average Bonchev–Trinajstić information content (AvgIpc) is 2.63. The molecule has 0 aliphatic carbocycles. The van der Waals surface area contributed by atoms with Gasteiger partial charge in [0.2, 0.25) is 5.91 Å². The van der Waals surface area contributed by atoms with Crippen LogP contribution in [0.3, 0.4) is 0 Å². The van der Waals surface area contributed by atoms with Crippen LogP contribution in [-0.4, -0.2) is 23.7 Å². The highest BCUT2D eigenvalue weighted by Crippen LogP contribution is 2.26. The summed E-state index contributed by atoms with van der Waals surface area (Å²) in [6, 6.07) is 12.7. The number of halogens is 2. The van der Waals surface area contributed by atoms with Crippen molar-refractivity contribution in [2.75, 3.05) is 5.75 Å². The van der Waals surface area contributed by atoms with E-state index in [0.717, 1.165) is 4.90 Å². The molecule has 0 saturated heterocycles. The lowest BCUT2D eigenvalue weighted by Crippen LogP contribution is -2.47. The molecule has 2 aromatic rings. The van der Waals surface area contributed by atoms with E-state index in [4.69, 9.17) is 16.3 Å². The van der Waals surface area contributed by atoms with Gasteiger partial charge in [-0.05, 0) is 43.3 Å². The molecule has 0 bridgehead atoms. The Hall–Kier alpha value is -2.25. The molecule has 0 aliphatic rings. The Kier molecular flexibility index (Phi) is 7.74. The molecule has 8 heteroatoms. The molecule has 0 aliphatic heterocycles. The Morgan fingerprint density at radius 3 is 2.54 bits per heavy atom. The lowest BCUT2D eigenvalue weighted by Gasteiger charge is -2.15. The van der Waals surface area contributed by atoms with E-state index in [1.807, 2.05) is 18.2 Å². The van der Waals surface area contributed by atoms with Crippen LogP contribution in [-0.2, 0) is 9.59 Å². The highest BCUT2D eigenvalue weighted by Gasteiger charge is 2.15. The van der Waals surface area contributed by atoms with Gasteiger partial charge in [0.05, 0.1) is 5.02 Å². The first-order valence-corrected chi connectivity index (χ1v) is 9.20. The average molecular weight is 397 g/mol. The highest BCUT2D eigenvalue weighted by atomic mass is 35.5. The zero-order chi connectivity index (χ0) is 18.9. The van der Waals surface area contributed by atoms with Gasteiger partial charge in [0.1, 0.15) is 11.6 Å². The molecule has 26 heavy (non-hydrogen) atoms. The summed E-state index contributed by atoms with van der Waals surface area (Å²) in [5.74, 6) is -0.353. The largest absolute Gasteiger partial charge is 0.481 e. The lowest BCUT2D eigenvalue weighted by atomic mass is 10.3. The van der Waals surface area contributed by atoms with Crippen molar-refractivity contribution < 1.29 is 18.7 Å². The predicted octanol–water partition coefficient (Wildman–Crippen LogP) is 3.58. The number of benzene rings is 2. The first kappa shape index (κ1) is 20.1. The Morgan fingerprint density at radius 1 is 1.15 bits per heavy atom. The normalized spacial score (nSPS) is 11.5. The Balaban J connectivity index is 1.68. The summed E-state index contributed by atoms with van der Waals surface area (Å²) in [7, 11) is 0. The van der Waals surface area contributed by atoms with Crippen LogP contribution in [0.2, 0.25) is 5.02 Å². The van der Waals surface area contributed by atoms with Gasteiger partial charge in [-0.25, -0.2) is 4.39 Å². The summed E-state index contributed by atoms with van der Waals surface area (Å²) in [5, 5.41) is 0.637. The van der Waals surface area contributed by atoms with E-state index in [-0.39, 0.29) is 12.3 Å². The maximum Gasteiger partial charge on any atom is 0.279 e. The van der Waals surface area contributed by atoms with Crippen molar-refractivity contribution in [3.63, 3.8) is 0 Å². The standard InChI is InChI=1S/C18H18ClFN2O3S/c1-12(25-14-8-6-13(20)7-9-14)18(24)22-21-17(23)10-11-26-16-5-3-2-4-15(16)19/h2-9,12H,10-11H2,1H3,(H,21,23)(H,22,24). The van der Waals surface area contributed by atoms with Crippen molar-refractivity contribution in [1.29, 1.82) is 0 Å². The number of hydrogen-bond acceptors (Lipinski definition) is 4. The first-order valence-electron chi connectivity index (χ1n) is 7.84. The molecular formula is C18H18ClFN2O3S. The fraction of sp³-hybridized carbons (Fsp3) is 0.222. The summed E-state index contributed by atoms with van der Waals surface area (Å²) >= 11 is 7.50. The number of carbonyl (C=O) groups excluding carboxylic acids is 2. The van der Waals surface area contributed by atoms with Gasteiger partial charge >= 0.3 is 0 Å². The molecule has 2 amide bonds. The summed E-state index contributed by atoms with van der Waals surface area (Å²) in [6.07, 6.45) is -0.637. The molecule has 0 spiro atoms. The molecule has 0 radical (unpaired) electrons. The maximum atomic E-state index is 12.8. The Labute approximate surface area is 160 Å². The third kappa shape index (κ3) is 6.57. The second kappa shape index (κ2) is 10.0. The van der Waals surface area contributed by atoms with E-state index < -0.39 is 17.8 Å². The van der Waals surface area contributed by atoms with E-state index >= 15 is 0 Å². The third-order valence-electron chi connectivity index (χ3n) is 3.24. The summed E-state index contributed by atoms with van der Waals surface area (Å²) in [5.41, 5.74) is 4.64. The molecule has 2 aromatic carbocycles. The number of thioether (sulfide) groups is 1. The zero-order valence-corrected chi connectivity index (χ0v) is 15.6. The quantitative estimate of drug-likeness (QED) is 0.554. The highest BCUT2D eigenvalue weighted by molar-refractivity contribution is 7.99. The molecule has 0 heterocycles. The lowest BCUT2D eigenvalue weighted by molar-refractivity contribution is -0.132. The minimum atomic E-state index is -0.849. The molecule has 0 saturated carbocycles. The van der Waals surface area contributed by atoms with E-state index in [1.165, 1.54) is 43.0 Å². The van der Waals surface area contributed by atoms with Gasteiger partial charge in [0.15, 0.2) is 6.10 Å². The third-order valence-corrected chi connectivity index (χ3v) is 4.76. The van der Waals surface area contributed by atoms with Gasteiger partial charge < -0.3 is 4.74 Å². The number of ether oxygens (including phenoxy) is 1. The molecule has 0 fully saturated rings. The van der Waals surface area contributed by atoms with Gasteiger partial charge in [-0.1, -0.05) is 23.7 Å². The summed E-state index contributed by atoms with van der Waals surface area (Å²) < 4.78 is 18.2. The fourth-order valence-corrected chi connectivity index (χ4v) is 3.07. The number of rotatable bonds is 7. The molecule has 138 valence electrons. The first-order chi connectivity index (χ1) is 12.5. The Morgan fingerprint density at radius 2 is 1.85 bits per heavy atom. The topological polar surface area (TPSA) is 67.4 Å². The van der Waals surface area contributed by atoms with Crippen LogP contribution in [0.1, 0.15) is 13.3 Å². The van der Waals surface area contributed by atoms with E-state index in [1.54, 1.807) is 6.07 Å². The van der Waals surface area contributed by atoms with Crippen LogP contribution in [0.4, 0.5) is 4.39 Å². The summed E-state index contributed by atoms with van der Waals surface area (Å²) in [6.45, 7) is 1.53. The van der Waals surface area contributed by atoms with Gasteiger partial charge in [-0.2, -0.15) is 0 Å². The van der Waals surface area contributed by atoms with Gasteiger partial charge in [0.25, 0.3) is 5.91 Å². The second-order valence-electron chi connectivity index (χ2n) is 5.28. The molecule has 2 N–H and O–H groups in total. The number of hydrogen-bond donors (Lipinski definition) is 2. The molecular weight excluding hydrogens is 379 g/mol. The number of hydrazine groups is 1. The van der Waals surface area contributed by atoms with Crippen molar-refractivity contribution >= 4 is 35.2 Å². The second-order valence-corrected chi connectivity index (χ2v) is 6.82. The van der Waals surface area contributed by atoms with Crippen LogP contribution in [0, 0.1) is 5.82 Å². The smallest absolute Gasteiger partial charge is 0.279 e. The van der Waals surface area contributed by atoms with Crippen LogP contribution in [0.5, 0.6) is 5.75 Å². The van der Waals surface area contributed by atoms with Crippen LogP contribution >= 0.6 is 23.4 Å². The van der Waals surface area contributed by atoms with Crippen molar-refractivity contribution in [2.45, 2.75) is 24.3 Å². The molecule has 1 unspecified atom stereocenters. The molecule has 1 atom stereocenters. The molecule has 5 nitrogen and oxygen atoms in total. The van der Waals surface area contributed by atoms with Crippen LogP contribution in [0.25, 0.3) is 0 Å². The summed E-state index contributed by atoms with van der Waals surface area (Å²) in [4.78, 5) is 24.6. The zero-order valence-electron chi connectivity index (χ0n) is 14.0. The minimum Gasteiger partial charge on any atom is -0.481 e. The monoisotopic (exact) mass is 396 g/mol. The number of amides is 2. The fourth-order valence-electron chi connectivity index (χ4n) is 1.88. The van der Waals surface area contributed by atoms with Crippen LogP contribution < -0.4 is 15.6 Å². The van der Waals surface area contributed by atoms with Gasteiger partial charge in [-0.3, -0.25) is 20.4 Å². The predicted molar refractivity (Wildman–Crippen MR) is 99.6 cm³/mol. The van der Waals surface area contributed by atoms with Crippen molar-refractivity contribution in [3.05, 3.63) is 59.4 Å². The Bertz CT molecular complexity index is 758. The van der Waals surface area contributed by atoms with Crippen LogP contribution in [0.15, 0.2) is 53.4 Å². The van der Waals surface area contributed by atoms with Gasteiger partial charge in [0, 0.05) is 17.1 Å². The van der Waals surface area contributed by atoms with E-state index in [0.29, 0.717) is 16.5 Å². The number of carbonyl (C=O) groups is 2. The number of nitrogens with one attached hydrogen (secondary N) is 2. The minimum absolute atomic E-state index is 0.212. The van der Waals surface area contributed by atoms with Crippen molar-refractivity contribution in [2.24, 2.45) is 0 Å². The van der Waals surface area contributed by atoms with Crippen molar-refractivity contribution in [3.8, 4) is 5.75 Å². The molecule has 0 aromatic heterocycles. The molecule has 2 rings (SSSR count). The van der Waals surface area contributed by atoms with Gasteiger partial charge in [-0.15, -0.1) is 11.8 Å². The SMILES string of the molecule is CC(Oc1ccc(F)cc1)C(=O)NNC(=O)CCSc1ccccc1Cl. The van der Waals surface area contributed by atoms with E-state index in [9.17, 15) is 14.0 Å². The maximum absolute atomic E-state index is 12.8. The van der Waals surface area contributed by atoms with E-state index in [2.05, 4.69) is 10.9 Å². The van der Waals surface area contributed by atoms with Crippen molar-refractivity contribution in [1.82, 2.24) is 10.9 Å².